The van der Waals surface area contributed by atoms with Crippen LogP contribution in [0.25, 0.3) is 0 Å². The highest BCUT2D eigenvalue weighted by Crippen LogP contribution is 2.33. The lowest BCUT2D eigenvalue weighted by Gasteiger charge is -2.12. The number of carbonyl (C=O) groups is 1. The molecule has 16 heavy (non-hydrogen) atoms. The molecule has 1 atom stereocenters. The molecule has 0 radical (unpaired) electrons. The van der Waals surface area contributed by atoms with Crippen LogP contribution in [-0.2, 0) is 0 Å². The molecule has 0 bridgehead atoms. The van der Waals surface area contributed by atoms with Gasteiger partial charge in [-0.05, 0) is 19.3 Å². The Balaban J connectivity index is 1.88. The van der Waals surface area contributed by atoms with Crippen LogP contribution in [0, 0.1) is 5.92 Å². The molecule has 0 saturated heterocycles. The van der Waals surface area contributed by atoms with Crippen molar-refractivity contribution in [2.24, 2.45) is 5.92 Å². The summed E-state index contributed by atoms with van der Waals surface area (Å²) in [6.07, 6.45) is 6.40. The zero-order valence-corrected chi connectivity index (χ0v) is 9.87. The van der Waals surface area contributed by atoms with Gasteiger partial charge in [-0.1, -0.05) is 24.4 Å². The van der Waals surface area contributed by atoms with Crippen LogP contribution in [0.4, 0.5) is 0 Å². The van der Waals surface area contributed by atoms with Crippen molar-refractivity contribution in [2.45, 2.75) is 32.2 Å². The van der Waals surface area contributed by atoms with E-state index in [1.807, 2.05) is 6.92 Å². The lowest BCUT2D eigenvalue weighted by atomic mass is 10.1. The van der Waals surface area contributed by atoms with E-state index in [1.165, 1.54) is 25.2 Å². The van der Waals surface area contributed by atoms with Crippen LogP contribution in [0.3, 0.4) is 0 Å². The molecule has 1 aromatic heterocycles. The molecule has 1 aliphatic carbocycles. The molecule has 1 N–H and O–H groups in total. The first kappa shape index (κ1) is 11.3. The number of halogens is 1. The van der Waals surface area contributed by atoms with E-state index < -0.39 is 0 Å². The highest BCUT2D eigenvalue weighted by Gasteiger charge is 2.24. The maximum Gasteiger partial charge on any atom is 0.271 e. The first-order valence-corrected chi connectivity index (χ1v) is 5.81. The Bertz CT molecular complexity index is 375. The van der Waals surface area contributed by atoms with Crippen molar-refractivity contribution in [3.63, 3.8) is 0 Å². The summed E-state index contributed by atoms with van der Waals surface area (Å²) in [5.41, 5.74) is 0.312. The summed E-state index contributed by atoms with van der Waals surface area (Å²) >= 11 is 5.59. The number of nitrogens with zero attached hydrogens (tertiary/aromatic N) is 2. The number of carbonyl (C=O) groups excluding carboxylic acids is 1. The highest BCUT2D eigenvalue weighted by molar-refractivity contribution is 6.29. The molecule has 4 nitrogen and oxygen atoms in total. The number of amides is 1. The summed E-state index contributed by atoms with van der Waals surface area (Å²) in [4.78, 5) is 19.5. The van der Waals surface area contributed by atoms with Gasteiger partial charge in [0.1, 0.15) is 10.8 Å². The number of hydrogen-bond donors (Lipinski definition) is 1. The Labute approximate surface area is 99.4 Å². The monoisotopic (exact) mass is 239 g/mol. The fourth-order valence-electron chi connectivity index (χ4n) is 1.64. The number of nitrogens with one attached hydrogen (secondary N) is 1. The maximum absolute atomic E-state index is 11.7. The predicted octanol–water partition coefficient (Wildman–Crippen LogP) is 2.05. The quantitative estimate of drug-likeness (QED) is 0.875. The van der Waals surface area contributed by atoms with Gasteiger partial charge in [0, 0.05) is 6.04 Å². The lowest BCUT2D eigenvalue weighted by molar-refractivity contribution is 0.0932. The van der Waals surface area contributed by atoms with Crippen LogP contribution in [0.5, 0.6) is 0 Å². The van der Waals surface area contributed by atoms with Crippen molar-refractivity contribution >= 4 is 17.5 Å². The summed E-state index contributed by atoms with van der Waals surface area (Å²) in [5.74, 6) is 0.615. The second kappa shape index (κ2) is 4.78. The second-order valence-corrected chi connectivity index (χ2v) is 4.67. The number of rotatable bonds is 4. The molecule has 1 amide bonds. The minimum absolute atomic E-state index is 0.183. The normalized spacial score (nSPS) is 16.9. The molecule has 86 valence electrons. The molecule has 5 heteroatoms. The SMILES string of the molecule is CC(CC1CC1)NC(=O)c1cnc(Cl)cn1. The van der Waals surface area contributed by atoms with Crippen molar-refractivity contribution in [1.82, 2.24) is 15.3 Å². The van der Waals surface area contributed by atoms with Crippen molar-refractivity contribution in [2.75, 3.05) is 0 Å². The number of aromatic nitrogens is 2. The minimum atomic E-state index is -0.183. The van der Waals surface area contributed by atoms with Gasteiger partial charge in [-0.15, -0.1) is 0 Å². The maximum atomic E-state index is 11.7. The fourth-order valence-corrected chi connectivity index (χ4v) is 1.74. The zero-order valence-electron chi connectivity index (χ0n) is 9.11. The summed E-state index contributed by atoms with van der Waals surface area (Å²) in [5, 5.41) is 3.20. The van der Waals surface area contributed by atoms with Crippen molar-refractivity contribution in [3.8, 4) is 0 Å². The first-order chi connectivity index (χ1) is 7.65. The van der Waals surface area contributed by atoms with Gasteiger partial charge in [-0.2, -0.15) is 0 Å². The lowest BCUT2D eigenvalue weighted by Crippen LogP contribution is -2.33. The molecule has 0 spiro atoms. The third-order valence-corrected chi connectivity index (χ3v) is 2.81. The van der Waals surface area contributed by atoms with Crippen LogP contribution in [0.15, 0.2) is 12.4 Å². The predicted molar refractivity (Wildman–Crippen MR) is 61.3 cm³/mol. The van der Waals surface area contributed by atoms with E-state index in [4.69, 9.17) is 11.6 Å². The minimum Gasteiger partial charge on any atom is -0.348 e. The average Bonchev–Trinajstić information content (AvgIpc) is 3.02. The molecule has 0 aromatic carbocycles. The summed E-state index contributed by atoms with van der Waals surface area (Å²) in [6, 6.07) is 0.192. The van der Waals surface area contributed by atoms with E-state index in [9.17, 15) is 4.79 Å². The molecular weight excluding hydrogens is 226 g/mol. The van der Waals surface area contributed by atoms with Gasteiger partial charge >= 0.3 is 0 Å². The topological polar surface area (TPSA) is 54.9 Å². The van der Waals surface area contributed by atoms with Gasteiger partial charge in [-0.25, -0.2) is 9.97 Å². The molecule has 2 rings (SSSR count). The van der Waals surface area contributed by atoms with Crippen LogP contribution in [0.2, 0.25) is 5.15 Å². The molecule has 1 saturated carbocycles. The molecule has 1 aromatic rings. The standard InChI is InChI=1S/C11H14ClN3O/c1-7(4-8-2-3-8)15-11(16)9-5-14-10(12)6-13-9/h5-8H,2-4H2,1H3,(H,15,16). The fraction of sp³-hybridized carbons (Fsp3) is 0.545. The molecule has 0 aliphatic heterocycles. The Kier molecular flexibility index (Phi) is 3.39. The van der Waals surface area contributed by atoms with Crippen molar-refractivity contribution in [1.29, 1.82) is 0 Å². The highest BCUT2D eigenvalue weighted by atomic mass is 35.5. The van der Waals surface area contributed by atoms with Crippen molar-refractivity contribution in [3.05, 3.63) is 23.2 Å². The second-order valence-electron chi connectivity index (χ2n) is 4.28. The number of hydrogen-bond acceptors (Lipinski definition) is 3. The third kappa shape index (κ3) is 3.17. The van der Waals surface area contributed by atoms with Gasteiger partial charge < -0.3 is 5.32 Å². The summed E-state index contributed by atoms with van der Waals surface area (Å²) < 4.78 is 0. The Morgan fingerprint density at radius 1 is 1.56 bits per heavy atom. The van der Waals surface area contributed by atoms with E-state index >= 15 is 0 Å². The van der Waals surface area contributed by atoms with Crippen molar-refractivity contribution < 1.29 is 4.79 Å². The Morgan fingerprint density at radius 2 is 2.31 bits per heavy atom. The average molecular weight is 240 g/mol. The molecule has 1 unspecified atom stereocenters. The van der Waals surface area contributed by atoms with Crippen LogP contribution < -0.4 is 5.32 Å². The van der Waals surface area contributed by atoms with Crippen LogP contribution in [-0.4, -0.2) is 21.9 Å². The largest absolute Gasteiger partial charge is 0.348 e. The Morgan fingerprint density at radius 3 is 2.88 bits per heavy atom. The zero-order chi connectivity index (χ0) is 11.5. The molecular formula is C11H14ClN3O. The summed E-state index contributed by atoms with van der Waals surface area (Å²) in [6.45, 7) is 2.01. The van der Waals surface area contributed by atoms with Gasteiger partial charge in [0.25, 0.3) is 5.91 Å². The van der Waals surface area contributed by atoms with Gasteiger partial charge in [0.2, 0.25) is 0 Å². The molecule has 1 heterocycles. The smallest absolute Gasteiger partial charge is 0.271 e. The third-order valence-electron chi connectivity index (χ3n) is 2.61. The Hall–Kier alpha value is -1.16. The van der Waals surface area contributed by atoms with Gasteiger partial charge in [0.05, 0.1) is 12.4 Å². The first-order valence-electron chi connectivity index (χ1n) is 5.43. The van der Waals surface area contributed by atoms with Gasteiger partial charge in [0.15, 0.2) is 0 Å². The molecule has 1 aliphatic rings. The van der Waals surface area contributed by atoms with Crippen LogP contribution in [0.1, 0.15) is 36.7 Å². The summed E-state index contributed by atoms with van der Waals surface area (Å²) in [7, 11) is 0. The van der Waals surface area contributed by atoms with E-state index in [-0.39, 0.29) is 11.9 Å². The van der Waals surface area contributed by atoms with E-state index in [0.29, 0.717) is 10.8 Å². The molecule has 1 fully saturated rings. The van der Waals surface area contributed by atoms with Crippen LogP contribution >= 0.6 is 11.6 Å². The van der Waals surface area contributed by atoms with Gasteiger partial charge in [-0.3, -0.25) is 4.79 Å². The van der Waals surface area contributed by atoms with E-state index in [2.05, 4.69) is 15.3 Å². The van der Waals surface area contributed by atoms with E-state index in [1.54, 1.807) is 0 Å². The van der Waals surface area contributed by atoms with E-state index in [0.717, 1.165) is 12.3 Å².